The highest BCUT2D eigenvalue weighted by molar-refractivity contribution is 7.98. The molecule has 4 aromatic carbocycles. The van der Waals surface area contributed by atoms with Crippen molar-refractivity contribution >= 4 is 29.3 Å². The number of anilines is 1. The van der Waals surface area contributed by atoms with Crippen LogP contribution >= 0.6 is 11.8 Å². The maximum Gasteiger partial charge on any atom is 0.573 e. The lowest BCUT2D eigenvalue weighted by Crippen LogP contribution is -2.41. The number of thioether (sulfide) groups is 1. The van der Waals surface area contributed by atoms with E-state index >= 15 is 0 Å². The summed E-state index contributed by atoms with van der Waals surface area (Å²) in [7, 11) is 0. The van der Waals surface area contributed by atoms with Gasteiger partial charge in [0.1, 0.15) is 11.8 Å². The smallest absolute Gasteiger partial charge is 0.480 e. The van der Waals surface area contributed by atoms with E-state index in [1.807, 2.05) is 79.9 Å². The number of benzene rings is 4. The van der Waals surface area contributed by atoms with Gasteiger partial charge in [-0.15, -0.1) is 13.2 Å². The molecular formula is C34H33F3N2O4S. The molecule has 44 heavy (non-hydrogen) atoms. The molecule has 0 spiro atoms. The number of amides is 1. The van der Waals surface area contributed by atoms with Crippen LogP contribution in [0.2, 0.25) is 0 Å². The fraction of sp³-hybridized carbons (Fsp3) is 0.235. The van der Waals surface area contributed by atoms with Gasteiger partial charge in [-0.05, 0) is 89.6 Å². The van der Waals surface area contributed by atoms with E-state index in [4.69, 9.17) is 0 Å². The van der Waals surface area contributed by atoms with Gasteiger partial charge in [0.2, 0.25) is 0 Å². The molecule has 10 heteroatoms. The Bertz CT molecular complexity index is 1560. The molecule has 0 fully saturated rings. The predicted molar refractivity (Wildman–Crippen MR) is 168 cm³/mol. The standard InChI is InChI=1S/C34H33F3N2O4S/c1-23-8-6-7-11-28(23)30-20-25(14-17-29(30)32(40)38-31(33(41)42)18-19-44-2)22-39(26-9-4-3-5-10-26)21-24-12-15-27(16-13-24)43-34(35,36)37/h3-17,20,31H,18-19,21-22H2,1-2H3,(H,38,40)(H,41,42)/t31-/m0/s1. The van der Waals surface area contributed by atoms with Gasteiger partial charge in [-0.3, -0.25) is 4.79 Å². The number of hydrogen-bond donors (Lipinski definition) is 2. The van der Waals surface area contributed by atoms with E-state index in [0.717, 1.165) is 27.9 Å². The second kappa shape index (κ2) is 14.8. The van der Waals surface area contributed by atoms with Crippen molar-refractivity contribution in [3.8, 4) is 16.9 Å². The van der Waals surface area contributed by atoms with E-state index in [2.05, 4.69) is 15.0 Å². The van der Waals surface area contributed by atoms with Crippen molar-refractivity contribution in [2.24, 2.45) is 0 Å². The fourth-order valence-electron chi connectivity index (χ4n) is 4.83. The van der Waals surface area contributed by atoms with Gasteiger partial charge in [-0.1, -0.05) is 60.7 Å². The van der Waals surface area contributed by atoms with E-state index in [-0.39, 0.29) is 5.75 Å². The minimum atomic E-state index is -4.77. The molecule has 0 bridgehead atoms. The molecule has 0 saturated heterocycles. The lowest BCUT2D eigenvalue weighted by molar-refractivity contribution is -0.274. The predicted octanol–water partition coefficient (Wildman–Crippen LogP) is 7.70. The number of nitrogens with one attached hydrogen (secondary N) is 1. The van der Waals surface area contributed by atoms with Gasteiger partial charge in [-0.2, -0.15) is 11.8 Å². The van der Waals surface area contributed by atoms with Crippen molar-refractivity contribution < 1.29 is 32.6 Å². The molecule has 0 aromatic heterocycles. The van der Waals surface area contributed by atoms with Crippen LogP contribution in [0.4, 0.5) is 18.9 Å². The van der Waals surface area contributed by atoms with Crippen molar-refractivity contribution in [2.75, 3.05) is 16.9 Å². The quantitative estimate of drug-likeness (QED) is 0.159. The Balaban J connectivity index is 1.67. The molecule has 4 aromatic rings. The van der Waals surface area contributed by atoms with Crippen molar-refractivity contribution in [3.63, 3.8) is 0 Å². The largest absolute Gasteiger partial charge is 0.573 e. The van der Waals surface area contributed by atoms with Crippen LogP contribution < -0.4 is 15.0 Å². The van der Waals surface area contributed by atoms with Crippen LogP contribution in [0.1, 0.15) is 33.5 Å². The zero-order chi connectivity index (χ0) is 31.7. The van der Waals surface area contributed by atoms with Crippen LogP contribution in [-0.4, -0.2) is 41.4 Å². The monoisotopic (exact) mass is 622 g/mol. The van der Waals surface area contributed by atoms with Gasteiger partial charge in [0.15, 0.2) is 0 Å². The highest BCUT2D eigenvalue weighted by Gasteiger charge is 2.31. The molecule has 0 aliphatic carbocycles. The summed E-state index contributed by atoms with van der Waals surface area (Å²) in [4.78, 5) is 27.4. The number of hydrogen-bond acceptors (Lipinski definition) is 5. The highest BCUT2D eigenvalue weighted by Crippen LogP contribution is 2.30. The van der Waals surface area contributed by atoms with E-state index < -0.39 is 24.3 Å². The Morgan fingerprint density at radius 1 is 0.886 bits per heavy atom. The maximum atomic E-state index is 13.5. The average molecular weight is 623 g/mol. The number of alkyl halides is 3. The summed E-state index contributed by atoms with van der Waals surface area (Å²) in [6.07, 6.45) is -2.58. The summed E-state index contributed by atoms with van der Waals surface area (Å²) >= 11 is 1.51. The number of rotatable bonds is 13. The van der Waals surface area contributed by atoms with Crippen molar-refractivity contribution in [2.45, 2.75) is 38.8 Å². The number of carboxylic acids is 1. The molecule has 4 rings (SSSR count). The molecule has 0 aliphatic rings. The summed E-state index contributed by atoms with van der Waals surface area (Å²) in [5, 5.41) is 12.4. The van der Waals surface area contributed by atoms with Crippen LogP contribution in [0.15, 0.2) is 97.1 Å². The number of aliphatic carboxylic acids is 1. The second-order valence-electron chi connectivity index (χ2n) is 10.2. The average Bonchev–Trinajstić information content (AvgIpc) is 2.99. The minimum Gasteiger partial charge on any atom is -0.480 e. The Morgan fingerprint density at radius 2 is 1.52 bits per heavy atom. The van der Waals surface area contributed by atoms with Crippen LogP contribution in [0, 0.1) is 6.92 Å². The van der Waals surface area contributed by atoms with Crippen molar-refractivity contribution in [3.05, 3.63) is 119 Å². The summed E-state index contributed by atoms with van der Waals surface area (Å²) in [6, 6.07) is 27.5. The topological polar surface area (TPSA) is 78.9 Å². The molecule has 0 radical (unpaired) electrons. The SMILES string of the molecule is CSCC[C@H](NC(=O)c1ccc(CN(Cc2ccc(OC(F)(F)F)cc2)c2ccccc2)cc1-c1ccccc1C)C(=O)O. The lowest BCUT2D eigenvalue weighted by Gasteiger charge is -2.26. The molecule has 0 saturated carbocycles. The zero-order valence-electron chi connectivity index (χ0n) is 24.3. The Morgan fingerprint density at radius 3 is 2.16 bits per heavy atom. The highest BCUT2D eigenvalue weighted by atomic mass is 32.2. The number of ether oxygens (including phenoxy) is 1. The first-order chi connectivity index (χ1) is 21.0. The van der Waals surface area contributed by atoms with Crippen LogP contribution in [0.3, 0.4) is 0 Å². The number of nitrogens with zero attached hydrogens (tertiary/aromatic N) is 1. The molecule has 0 unspecified atom stereocenters. The van der Waals surface area contributed by atoms with E-state index in [1.165, 1.54) is 23.9 Å². The third kappa shape index (κ3) is 9.03. The van der Waals surface area contributed by atoms with E-state index in [0.29, 0.717) is 36.4 Å². The van der Waals surface area contributed by atoms with Crippen molar-refractivity contribution in [1.29, 1.82) is 0 Å². The van der Waals surface area contributed by atoms with Gasteiger partial charge < -0.3 is 20.1 Å². The second-order valence-corrected chi connectivity index (χ2v) is 11.2. The zero-order valence-corrected chi connectivity index (χ0v) is 25.1. The summed E-state index contributed by atoms with van der Waals surface area (Å²) in [5.74, 6) is -1.25. The van der Waals surface area contributed by atoms with Gasteiger partial charge >= 0.3 is 12.3 Å². The van der Waals surface area contributed by atoms with Gasteiger partial charge in [-0.25, -0.2) is 4.79 Å². The first kappa shape index (κ1) is 32.5. The first-order valence-corrected chi connectivity index (χ1v) is 15.3. The third-order valence-corrected chi connectivity index (χ3v) is 7.65. The molecule has 2 N–H and O–H groups in total. The van der Waals surface area contributed by atoms with Crippen molar-refractivity contribution in [1.82, 2.24) is 5.32 Å². The number of halogens is 3. The van der Waals surface area contributed by atoms with E-state index in [1.54, 1.807) is 18.2 Å². The Hall–Kier alpha value is -4.44. The Labute approximate surface area is 258 Å². The van der Waals surface area contributed by atoms with Gasteiger partial charge in [0.25, 0.3) is 5.91 Å². The molecule has 0 heterocycles. The van der Waals surface area contributed by atoms with Crippen LogP contribution in [-0.2, 0) is 17.9 Å². The van der Waals surface area contributed by atoms with E-state index in [9.17, 15) is 27.9 Å². The third-order valence-electron chi connectivity index (χ3n) is 7.00. The van der Waals surface area contributed by atoms with Crippen LogP contribution in [0.25, 0.3) is 11.1 Å². The number of carboxylic acid groups (broad SMARTS) is 1. The molecule has 230 valence electrons. The molecular weight excluding hydrogens is 589 g/mol. The number of carbonyl (C=O) groups excluding carboxylic acids is 1. The fourth-order valence-corrected chi connectivity index (χ4v) is 5.30. The normalized spacial score (nSPS) is 11.9. The molecule has 6 nitrogen and oxygen atoms in total. The van der Waals surface area contributed by atoms with Gasteiger partial charge in [0, 0.05) is 24.3 Å². The first-order valence-electron chi connectivity index (χ1n) is 13.9. The summed E-state index contributed by atoms with van der Waals surface area (Å²) in [6.45, 7) is 2.77. The molecule has 1 atom stereocenters. The minimum absolute atomic E-state index is 0.289. The Kier molecular flexibility index (Phi) is 10.9. The maximum absolute atomic E-state index is 13.5. The van der Waals surface area contributed by atoms with Gasteiger partial charge in [0.05, 0.1) is 0 Å². The van der Waals surface area contributed by atoms with Crippen LogP contribution in [0.5, 0.6) is 5.75 Å². The molecule has 0 aliphatic heterocycles. The lowest BCUT2D eigenvalue weighted by atomic mass is 9.93. The summed E-state index contributed by atoms with van der Waals surface area (Å²) in [5.41, 5.74) is 5.42. The molecule has 1 amide bonds. The number of carbonyl (C=O) groups is 2. The summed E-state index contributed by atoms with van der Waals surface area (Å²) < 4.78 is 41.9. The number of para-hydroxylation sites is 1. The number of aryl methyl sites for hydroxylation is 1.